The number of carbonyl (C=O) groups is 2. The number of nitrogens with one attached hydrogen (secondary N) is 2. The number of aldehydes is 1. The average Bonchev–Trinajstić information content (AvgIpc) is 3.02. The molecule has 2 aliphatic rings. The number of hydrogen-bond donors (Lipinski definition) is 2. The largest absolute Gasteiger partial charge is 0.388 e. The lowest BCUT2D eigenvalue weighted by molar-refractivity contribution is -0.104. The molecule has 2 heterocycles. The van der Waals surface area contributed by atoms with E-state index in [0.29, 0.717) is 5.92 Å². The van der Waals surface area contributed by atoms with Crippen molar-refractivity contribution in [2.45, 2.75) is 60.3 Å². The van der Waals surface area contributed by atoms with Gasteiger partial charge in [0.2, 0.25) is 0 Å². The summed E-state index contributed by atoms with van der Waals surface area (Å²) in [7, 11) is 7.41. The SMILES string of the molecule is CC.CC.CNC(/C=C\N(C)C1=CCNC(C)=C1/C=C(\C)CN1CCC(c2ccc(C(=O)N(C)C)cc2)CC1)=C/C=O. The van der Waals surface area contributed by atoms with E-state index in [-0.39, 0.29) is 5.91 Å². The number of carbonyl (C=O) groups excluding carboxylic acids is 2. The van der Waals surface area contributed by atoms with E-state index in [9.17, 15) is 9.59 Å². The summed E-state index contributed by atoms with van der Waals surface area (Å²) in [4.78, 5) is 29.3. The molecule has 2 aliphatic heterocycles. The van der Waals surface area contributed by atoms with Crippen LogP contribution in [0.1, 0.15) is 76.2 Å². The fraction of sp³-hybridized carbons (Fsp3) is 0.486. The van der Waals surface area contributed by atoms with Crippen molar-refractivity contribution in [3.8, 4) is 0 Å². The maximum Gasteiger partial charge on any atom is 0.253 e. The first kappa shape index (κ1) is 36.4. The van der Waals surface area contributed by atoms with Crippen LogP contribution in [0.5, 0.6) is 0 Å². The first-order chi connectivity index (χ1) is 20.2. The Balaban J connectivity index is 0.00000211. The van der Waals surface area contributed by atoms with Crippen LogP contribution < -0.4 is 10.6 Å². The summed E-state index contributed by atoms with van der Waals surface area (Å²) in [5.74, 6) is 0.585. The van der Waals surface area contributed by atoms with E-state index in [4.69, 9.17) is 0 Å². The molecule has 1 aromatic rings. The summed E-state index contributed by atoms with van der Waals surface area (Å²) in [6.07, 6.45) is 12.9. The quantitative estimate of drug-likeness (QED) is 0.200. The Hall–Kier alpha value is -3.58. The zero-order chi connectivity index (χ0) is 31.7. The van der Waals surface area contributed by atoms with Crippen molar-refractivity contribution in [2.75, 3.05) is 54.4 Å². The average molecular weight is 578 g/mol. The molecule has 42 heavy (non-hydrogen) atoms. The van der Waals surface area contributed by atoms with Crippen LogP contribution in [0, 0.1) is 0 Å². The number of rotatable bonds is 10. The predicted octanol–water partition coefficient (Wildman–Crippen LogP) is 6.08. The maximum atomic E-state index is 12.2. The Labute approximate surface area is 255 Å². The van der Waals surface area contributed by atoms with Crippen LogP contribution in [0.2, 0.25) is 0 Å². The molecule has 0 saturated carbocycles. The number of likely N-dealkylation sites (tertiary alicyclic amines) is 1. The summed E-state index contributed by atoms with van der Waals surface area (Å²) in [6.45, 7) is 16.2. The van der Waals surface area contributed by atoms with E-state index in [0.717, 1.165) is 68.0 Å². The van der Waals surface area contributed by atoms with Crippen LogP contribution in [0.3, 0.4) is 0 Å². The maximum absolute atomic E-state index is 12.2. The van der Waals surface area contributed by atoms with E-state index in [1.165, 1.54) is 22.8 Å². The summed E-state index contributed by atoms with van der Waals surface area (Å²) in [5.41, 5.74) is 7.66. The van der Waals surface area contributed by atoms with Gasteiger partial charge in [0.25, 0.3) is 5.91 Å². The van der Waals surface area contributed by atoms with E-state index in [1.807, 2.05) is 59.2 Å². The third kappa shape index (κ3) is 11.0. The first-order valence-electron chi connectivity index (χ1n) is 15.3. The highest BCUT2D eigenvalue weighted by atomic mass is 16.2. The van der Waals surface area contributed by atoms with Gasteiger partial charge in [0, 0.05) is 81.8 Å². The molecule has 1 saturated heterocycles. The van der Waals surface area contributed by atoms with Crippen molar-refractivity contribution in [3.05, 3.63) is 94.1 Å². The summed E-state index contributed by atoms with van der Waals surface area (Å²) >= 11 is 0. The highest BCUT2D eigenvalue weighted by Crippen LogP contribution is 2.29. The molecule has 1 fully saturated rings. The predicted molar refractivity (Wildman–Crippen MR) is 178 cm³/mol. The van der Waals surface area contributed by atoms with Crippen LogP contribution in [-0.2, 0) is 4.79 Å². The molecule has 0 atom stereocenters. The van der Waals surface area contributed by atoms with E-state index in [2.05, 4.69) is 58.6 Å². The Morgan fingerprint density at radius 1 is 1.07 bits per heavy atom. The van der Waals surface area contributed by atoms with Gasteiger partial charge in [-0.15, -0.1) is 0 Å². The van der Waals surface area contributed by atoms with Crippen molar-refractivity contribution in [1.82, 2.24) is 25.3 Å². The lowest BCUT2D eigenvalue weighted by Crippen LogP contribution is -2.34. The molecule has 1 amide bonds. The van der Waals surface area contributed by atoms with Gasteiger partial charge in [-0.3, -0.25) is 14.5 Å². The van der Waals surface area contributed by atoms with Crippen molar-refractivity contribution in [3.63, 3.8) is 0 Å². The van der Waals surface area contributed by atoms with Crippen LogP contribution in [0.15, 0.2) is 83.0 Å². The highest BCUT2D eigenvalue weighted by Gasteiger charge is 2.22. The zero-order valence-electron chi connectivity index (χ0n) is 27.8. The van der Waals surface area contributed by atoms with Gasteiger partial charge in [-0.1, -0.05) is 51.5 Å². The van der Waals surface area contributed by atoms with Crippen LogP contribution in [-0.4, -0.2) is 81.3 Å². The highest BCUT2D eigenvalue weighted by molar-refractivity contribution is 5.93. The molecule has 0 spiro atoms. The number of dihydropyridines is 1. The van der Waals surface area contributed by atoms with Gasteiger partial charge in [0.15, 0.2) is 0 Å². The van der Waals surface area contributed by atoms with E-state index >= 15 is 0 Å². The number of benzene rings is 1. The molecule has 0 radical (unpaired) electrons. The van der Waals surface area contributed by atoms with Gasteiger partial charge < -0.3 is 20.4 Å². The molecule has 232 valence electrons. The third-order valence-corrected chi connectivity index (χ3v) is 7.22. The summed E-state index contributed by atoms with van der Waals surface area (Å²) in [6, 6.07) is 8.17. The normalized spacial score (nSPS) is 16.4. The second-order valence-corrected chi connectivity index (χ2v) is 10.3. The molecule has 7 nitrogen and oxygen atoms in total. The Bertz CT molecular complexity index is 1130. The summed E-state index contributed by atoms with van der Waals surface area (Å²) < 4.78 is 0. The van der Waals surface area contributed by atoms with Crippen molar-refractivity contribution >= 4 is 12.2 Å². The number of likely N-dealkylation sites (N-methyl/N-ethyl adjacent to an activating group) is 2. The smallest absolute Gasteiger partial charge is 0.253 e. The third-order valence-electron chi connectivity index (χ3n) is 7.22. The molecule has 1 aromatic carbocycles. The molecule has 3 rings (SSSR count). The van der Waals surface area contributed by atoms with Crippen molar-refractivity contribution in [1.29, 1.82) is 0 Å². The standard InChI is InChI=1S/C31H43N5O2.2C2H6/c1-23(21-29-24(2)33-16-11-30(29)35(6)17-14-28(32-3)15-20-37)22-36-18-12-26(13-19-36)25-7-9-27(10-8-25)31(38)34(4)5;2*1-2/h7-11,14-15,17,20-21,26,32-33H,12-13,16,18-19,22H2,1-6H3;2*1-2H3/b17-14-,23-21+,28-15+;;. The second kappa shape index (κ2) is 19.5. The number of piperidine rings is 1. The molecular weight excluding hydrogens is 522 g/mol. The number of allylic oxidation sites excluding steroid dienone is 4. The van der Waals surface area contributed by atoms with Crippen molar-refractivity contribution in [2.24, 2.45) is 0 Å². The molecule has 0 unspecified atom stereocenters. The van der Waals surface area contributed by atoms with Gasteiger partial charge in [0.1, 0.15) is 6.29 Å². The minimum Gasteiger partial charge on any atom is -0.388 e. The number of amides is 1. The minimum absolute atomic E-state index is 0.0461. The fourth-order valence-electron chi connectivity index (χ4n) is 5.01. The first-order valence-corrected chi connectivity index (χ1v) is 15.3. The monoisotopic (exact) mass is 577 g/mol. The zero-order valence-corrected chi connectivity index (χ0v) is 27.8. The lowest BCUT2D eigenvalue weighted by Gasteiger charge is -2.33. The number of hydrogen-bond acceptors (Lipinski definition) is 6. The second-order valence-electron chi connectivity index (χ2n) is 10.3. The Morgan fingerprint density at radius 3 is 2.24 bits per heavy atom. The molecule has 0 aromatic heterocycles. The topological polar surface area (TPSA) is 67.9 Å². The van der Waals surface area contributed by atoms with Gasteiger partial charge in [-0.05, 0) is 75.5 Å². The fourth-order valence-corrected chi connectivity index (χ4v) is 5.01. The lowest BCUT2D eigenvalue weighted by atomic mass is 9.88. The van der Waals surface area contributed by atoms with E-state index in [1.54, 1.807) is 26.0 Å². The molecular formula is C35H55N5O2. The minimum atomic E-state index is 0.0461. The van der Waals surface area contributed by atoms with Gasteiger partial charge in [-0.2, -0.15) is 0 Å². The number of nitrogens with zero attached hydrogens (tertiary/aromatic N) is 3. The Morgan fingerprint density at radius 2 is 1.69 bits per heavy atom. The van der Waals surface area contributed by atoms with Gasteiger partial charge >= 0.3 is 0 Å². The summed E-state index contributed by atoms with van der Waals surface area (Å²) in [5, 5.41) is 6.49. The molecule has 0 aliphatic carbocycles. The van der Waals surface area contributed by atoms with E-state index < -0.39 is 0 Å². The van der Waals surface area contributed by atoms with Crippen LogP contribution in [0.4, 0.5) is 0 Å². The molecule has 2 N–H and O–H groups in total. The molecule has 0 bridgehead atoms. The van der Waals surface area contributed by atoms with Gasteiger partial charge in [0.05, 0.1) is 0 Å². The molecule has 7 heteroatoms. The van der Waals surface area contributed by atoms with Gasteiger partial charge in [-0.25, -0.2) is 0 Å². The Kier molecular flexibility index (Phi) is 16.9. The van der Waals surface area contributed by atoms with Crippen LogP contribution >= 0.6 is 0 Å². The van der Waals surface area contributed by atoms with Crippen LogP contribution in [0.25, 0.3) is 0 Å². The van der Waals surface area contributed by atoms with Crippen molar-refractivity contribution < 1.29 is 9.59 Å².